The molecule has 7 heteroatoms. The van der Waals surface area contributed by atoms with Gasteiger partial charge >= 0.3 is 12.8 Å². The summed E-state index contributed by atoms with van der Waals surface area (Å²) in [4.78, 5) is 12.2. The molecule has 0 amide bonds. The van der Waals surface area contributed by atoms with Crippen LogP contribution in [0.4, 0.5) is 0 Å². The third-order valence-corrected chi connectivity index (χ3v) is 3.35. The zero-order valence-electron chi connectivity index (χ0n) is 12.2. The number of hydrogen-bond donors (Lipinski definition) is 2. The maximum absolute atomic E-state index is 12.2. The number of methoxy groups -OCH3 is 1. The third-order valence-electron chi connectivity index (χ3n) is 3.35. The Morgan fingerprint density at radius 3 is 2.57 bits per heavy atom. The summed E-state index contributed by atoms with van der Waals surface area (Å²) < 4.78 is 8.32. The number of nitrogens with zero attached hydrogens (tertiary/aromatic N) is 2. The molecule has 1 aromatic carbocycles. The summed E-state index contributed by atoms with van der Waals surface area (Å²) in [5, 5.41) is 18.9. The molecule has 2 rings (SSSR count). The topological polar surface area (TPSA) is 76.6 Å². The maximum atomic E-state index is 12.2. The van der Waals surface area contributed by atoms with E-state index in [2.05, 4.69) is 0 Å². The van der Waals surface area contributed by atoms with Gasteiger partial charge in [0.05, 0.1) is 13.7 Å². The van der Waals surface area contributed by atoms with Crippen molar-refractivity contribution >= 4 is 12.6 Å². The molecule has 2 N–H and O–H groups in total. The largest absolute Gasteiger partial charge is 0.497 e. The number of aromatic nitrogens is 2. The predicted molar refractivity (Wildman–Crippen MR) is 80.9 cm³/mol. The fourth-order valence-corrected chi connectivity index (χ4v) is 2.27. The van der Waals surface area contributed by atoms with Crippen LogP contribution in [-0.2, 0) is 13.1 Å². The Hall–Kier alpha value is -1.99. The molecule has 0 radical (unpaired) electrons. The molecule has 1 aromatic heterocycles. The van der Waals surface area contributed by atoms with Crippen molar-refractivity contribution in [2.24, 2.45) is 0 Å². The number of benzene rings is 1. The van der Waals surface area contributed by atoms with Gasteiger partial charge in [-0.05, 0) is 29.6 Å². The zero-order chi connectivity index (χ0) is 15.4. The van der Waals surface area contributed by atoms with Crippen molar-refractivity contribution in [1.29, 1.82) is 0 Å². The quantitative estimate of drug-likeness (QED) is 0.722. The van der Waals surface area contributed by atoms with Crippen molar-refractivity contribution < 1.29 is 14.8 Å². The Kier molecular flexibility index (Phi) is 4.87. The smallest absolute Gasteiger partial charge is 0.488 e. The van der Waals surface area contributed by atoms with E-state index in [-0.39, 0.29) is 12.2 Å². The zero-order valence-corrected chi connectivity index (χ0v) is 12.2. The van der Waals surface area contributed by atoms with Gasteiger partial charge in [0.25, 0.3) is 0 Å². The molecule has 21 heavy (non-hydrogen) atoms. The van der Waals surface area contributed by atoms with Gasteiger partial charge in [0.1, 0.15) is 5.75 Å². The molecule has 2 aromatic rings. The molecule has 0 aliphatic rings. The lowest BCUT2D eigenvalue weighted by Gasteiger charge is -2.11. The number of rotatable bonds is 6. The van der Waals surface area contributed by atoms with Gasteiger partial charge in [-0.1, -0.05) is 13.0 Å². The van der Waals surface area contributed by atoms with Gasteiger partial charge in [-0.15, -0.1) is 0 Å². The van der Waals surface area contributed by atoms with Crippen molar-refractivity contribution in [2.75, 3.05) is 7.11 Å². The minimum Gasteiger partial charge on any atom is -0.497 e. The molecule has 0 aliphatic heterocycles. The van der Waals surface area contributed by atoms with Crippen LogP contribution in [0.3, 0.4) is 0 Å². The van der Waals surface area contributed by atoms with E-state index in [0.717, 1.165) is 6.42 Å². The Morgan fingerprint density at radius 2 is 1.95 bits per heavy atom. The molecule has 0 saturated heterocycles. The lowest BCUT2D eigenvalue weighted by molar-refractivity contribution is 0.413. The van der Waals surface area contributed by atoms with E-state index in [1.54, 1.807) is 35.2 Å². The second-order valence-electron chi connectivity index (χ2n) is 4.84. The summed E-state index contributed by atoms with van der Waals surface area (Å²) in [6.45, 7) is 2.94. The van der Waals surface area contributed by atoms with E-state index in [9.17, 15) is 14.8 Å². The van der Waals surface area contributed by atoms with Crippen molar-refractivity contribution in [3.63, 3.8) is 0 Å². The fraction of sp³-hybridized carbons (Fsp3) is 0.357. The summed E-state index contributed by atoms with van der Waals surface area (Å²) in [6, 6.07) is 4.95. The first-order chi connectivity index (χ1) is 10.1. The molecular formula is C14H19BN2O4. The number of hydrogen-bond acceptors (Lipinski definition) is 4. The Bertz CT molecular complexity index is 663. The Labute approximate surface area is 123 Å². The minimum absolute atomic E-state index is 0.113. The number of imidazole rings is 1. The Morgan fingerprint density at radius 1 is 1.24 bits per heavy atom. The summed E-state index contributed by atoms with van der Waals surface area (Å²) in [6.07, 6.45) is 4.32. The van der Waals surface area contributed by atoms with Gasteiger partial charge in [0.15, 0.2) is 0 Å². The lowest BCUT2D eigenvalue weighted by Crippen LogP contribution is -2.35. The maximum Gasteiger partial charge on any atom is 0.488 e. The van der Waals surface area contributed by atoms with Crippen molar-refractivity contribution in [1.82, 2.24) is 9.13 Å². The van der Waals surface area contributed by atoms with E-state index in [4.69, 9.17) is 4.74 Å². The minimum atomic E-state index is -1.58. The van der Waals surface area contributed by atoms with E-state index in [1.165, 1.54) is 11.7 Å². The average molecular weight is 290 g/mol. The van der Waals surface area contributed by atoms with Gasteiger partial charge < -0.3 is 14.8 Å². The SMILES string of the molecule is CCCn1ccn(Cc2cc(OC)ccc2B(O)O)c1=O. The van der Waals surface area contributed by atoms with E-state index in [1.807, 2.05) is 6.92 Å². The summed E-state index contributed by atoms with van der Waals surface area (Å²) in [7, 11) is -0.0442. The molecule has 0 unspecified atom stereocenters. The molecule has 0 saturated carbocycles. The predicted octanol–water partition coefficient (Wildman–Crippen LogP) is -0.203. The summed E-state index contributed by atoms with van der Waals surface area (Å²) in [5.74, 6) is 0.607. The van der Waals surface area contributed by atoms with Crippen LogP contribution in [0, 0.1) is 0 Å². The highest BCUT2D eigenvalue weighted by molar-refractivity contribution is 6.59. The monoisotopic (exact) mass is 290 g/mol. The molecule has 6 nitrogen and oxygen atoms in total. The first-order valence-corrected chi connectivity index (χ1v) is 6.85. The normalized spacial score (nSPS) is 10.7. The van der Waals surface area contributed by atoms with Gasteiger partial charge in [-0.25, -0.2) is 4.79 Å². The standard InChI is InChI=1S/C14H19BN2O4/c1-3-6-16-7-8-17(14(16)18)10-11-9-12(21-2)4-5-13(11)15(19)20/h4-5,7-9,19-20H,3,6,10H2,1-2H3. The van der Waals surface area contributed by atoms with Crippen LogP contribution in [0.2, 0.25) is 0 Å². The highest BCUT2D eigenvalue weighted by atomic mass is 16.5. The summed E-state index contributed by atoms with van der Waals surface area (Å²) >= 11 is 0. The highest BCUT2D eigenvalue weighted by Crippen LogP contribution is 2.12. The van der Waals surface area contributed by atoms with Crippen molar-refractivity contribution in [2.45, 2.75) is 26.4 Å². The number of aryl methyl sites for hydroxylation is 1. The van der Waals surface area contributed by atoms with Crippen LogP contribution < -0.4 is 15.9 Å². The highest BCUT2D eigenvalue weighted by Gasteiger charge is 2.17. The second kappa shape index (κ2) is 6.65. The van der Waals surface area contributed by atoms with Crippen LogP contribution in [0.5, 0.6) is 5.75 Å². The Balaban J connectivity index is 2.36. The van der Waals surface area contributed by atoms with E-state index < -0.39 is 7.12 Å². The van der Waals surface area contributed by atoms with Crippen LogP contribution in [0.1, 0.15) is 18.9 Å². The molecule has 112 valence electrons. The molecule has 0 aliphatic carbocycles. The molecular weight excluding hydrogens is 271 g/mol. The van der Waals surface area contributed by atoms with E-state index in [0.29, 0.717) is 23.3 Å². The van der Waals surface area contributed by atoms with Gasteiger partial charge in [0, 0.05) is 18.9 Å². The first kappa shape index (κ1) is 15.4. The van der Waals surface area contributed by atoms with Crippen molar-refractivity contribution in [3.05, 3.63) is 46.6 Å². The lowest BCUT2D eigenvalue weighted by atomic mass is 9.77. The fourth-order valence-electron chi connectivity index (χ4n) is 2.27. The van der Waals surface area contributed by atoms with Gasteiger partial charge in [0.2, 0.25) is 0 Å². The molecule has 1 heterocycles. The molecule has 0 fully saturated rings. The molecule has 0 spiro atoms. The molecule has 0 atom stereocenters. The van der Waals surface area contributed by atoms with Crippen LogP contribution >= 0.6 is 0 Å². The van der Waals surface area contributed by atoms with E-state index >= 15 is 0 Å². The van der Waals surface area contributed by atoms with Crippen LogP contribution in [0.25, 0.3) is 0 Å². The van der Waals surface area contributed by atoms with Gasteiger partial charge in [-0.2, -0.15) is 0 Å². The number of ether oxygens (including phenoxy) is 1. The molecule has 0 bridgehead atoms. The summed E-state index contributed by atoms with van der Waals surface area (Å²) in [5.41, 5.74) is 0.893. The van der Waals surface area contributed by atoms with Crippen molar-refractivity contribution in [3.8, 4) is 5.75 Å². The van der Waals surface area contributed by atoms with Crippen LogP contribution in [0.15, 0.2) is 35.4 Å². The van der Waals surface area contributed by atoms with Gasteiger partial charge in [-0.3, -0.25) is 9.13 Å². The third kappa shape index (κ3) is 3.37. The first-order valence-electron chi connectivity index (χ1n) is 6.85. The second-order valence-corrected chi connectivity index (χ2v) is 4.84. The van der Waals surface area contributed by atoms with Crippen LogP contribution in [-0.4, -0.2) is 33.4 Å². The average Bonchev–Trinajstić information content (AvgIpc) is 2.80.